The Hall–Kier alpha value is -2.04. The zero-order valence-corrected chi connectivity index (χ0v) is 9.64. The van der Waals surface area contributed by atoms with E-state index in [1.807, 2.05) is 0 Å². The lowest BCUT2D eigenvalue weighted by molar-refractivity contribution is -0.144. The Balaban J connectivity index is 2.38. The lowest BCUT2D eigenvalue weighted by Gasteiger charge is -2.31. The number of ether oxygens (including phenoxy) is 1. The third-order valence-electron chi connectivity index (χ3n) is 2.76. The number of hydrogen-bond donors (Lipinski definition) is 1. The molecule has 0 aliphatic carbocycles. The van der Waals surface area contributed by atoms with Gasteiger partial charge in [0.2, 0.25) is 6.10 Å². The Labute approximate surface area is 98.6 Å². The van der Waals surface area contributed by atoms with Crippen molar-refractivity contribution in [1.82, 2.24) is 0 Å². The fraction of sp³-hybridized carbons (Fsp3) is 0.333. The number of carboxylic acid groups (broad SMARTS) is 1. The number of carbonyl (C=O) groups excluding carboxylic acids is 1. The second-order valence-electron chi connectivity index (χ2n) is 4.06. The molecule has 0 bridgehead atoms. The Morgan fingerprint density at radius 2 is 2.18 bits per heavy atom. The van der Waals surface area contributed by atoms with Gasteiger partial charge in [0.15, 0.2) is 5.78 Å². The van der Waals surface area contributed by atoms with Gasteiger partial charge in [0, 0.05) is 12.6 Å². The molecule has 1 aliphatic rings. The SMILES string of the molecule is CC(=O)c1ccc2c(c1)N(C)CC(C(=O)O)O2. The number of benzene rings is 1. The highest BCUT2D eigenvalue weighted by Gasteiger charge is 2.28. The summed E-state index contributed by atoms with van der Waals surface area (Å²) < 4.78 is 5.35. The number of rotatable bonds is 2. The average Bonchev–Trinajstić information content (AvgIpc) is 2.28. The van der Waals surface area contributed by atoms with Gasteiger partial charge in [-0.3, -0.25) is 4.79 Å². The second kappa shape index (κ2) is 4.08. The first-order valence-corrected chi connectivity index (χ1v) is 5.24. The van der Waals surface area contributed by atoms with Gasteiger partial charge in [-0.2, -0.15) is 0 Å². The van der Waals surface area contributed by atoms with E-state index < -0.39 is 12.1 Å². The summed E-state index contributed by atoms with van der Waals surface area (Å²) in [6.07, 6.45) is -0.865. The van der Waals surface area contributed by atoms with Crippen molar-refractivity contribution in [2.75, 3.05) is 18.5 Å². The summed E-state index contributed by atoms with van der Waals surface area (Å²) in [6, 6.07) is 4.99. The van der Waals surface area contributed by atoms with E-state index >= 15 is 0 Å². The van der Waals surface area contributed by atoms with Gasteiger partial charge in [0.1, 0.15) is 5.75 Å². The zero-order valence-electron chi connectivity index (χ0n) is 9.64. The largest absolute Gasteiger partial charge is 0.478 e. The van der Waals surface area contributed by atoms with Gasteiger partial charge < -0.3 is 14.7 Å². The van der Waals surface area contributed by atoms with E-state index in [0.29, 0.717) is 11.3 Å². The lowest BCUT2D eigenvalue weighted by atomic mass is 10.1. The van der Waals surface area contributed by atoms with Crippen molar-refractivity contribution >= 4 is 17.4 Å². The van der Waals surface area contributed by atoms with Crippen LogP contribution in [0.2, 0.25) is 0 Å². The first kappa shape index (κ1) is 11.4. The summed E-state index contributed by atoms with van der Waals surface area (Å²) in [5, 5.41) is 8.92. The van der Waals surface area contributed by atoms with Gasteiger partial charge in [0.05, 0.1) is 12.2 Å². The van der Waals surface area contributed by atoms with Crippen LogP contribution in [-0.2, 0) is 4.79 Å². The Kier molecular flexibility index (Phi) is 2.75. The van der Waals surface area contributed by atoms with E-state index in [1.54, 1.807) is 30.1 Å². The number of nitrogens with zero attached hydrogens (tertiary/aromatic N) is 1. The number of ketones is 1. The van der Waals surface area contributed by atoms with Gasteiger partial charge in [-0.1, -0.05) is 0 Å². The third-order valence-corrected chi connectivity index (χ3v) is 2.76. The molecule has 2 rings (SSSR count). The van der Waals surface area contributed by atoms with E-state index in [4.69, 9.17) is 9.84 Å². The first-order valence-electron chi connectivity index (χ1n) is 5.24. The van der Waals surface area contributed by atoms with Gasteiger partial charge in [-0.05, 0) is 25.1 Å². The molecule has 0 fully saturated rings. The molecule has 0 aromatic heterocycles. The maximum atomic E-state index is 11.3. The number of likely N-dealkylation sites (N-methyl/N-ethyl adjacent to an activating group) is 1. The molecule has 17 heavy (non-hydrogen) atoms. The summed E-state index contributed by atoms with van der Waals surface area (Å²) >= 11 is 0. The molecule has 1 N–H and O–H groups in total. The molecule has 90 valence electrons. The summed E-state index contributed by atoms with van der Waals surface area (Å²) in [5.41, 5.74) is 1.34. The summed E-state index contributed by atoms with van der Waals surface area (Å²) in [7, 11) is 1.78. The highest BCUT2D eigenvalue weighted by molar-refractivity contribution is 5.95. The molecular formula is C12H13NO4. The average molecular weight is 235 g/mol. The van der Waals surface area contributed by atoms with Gasteiger partial charge >= 0.3 is 5.97 Å². The molecule has 1 heterocycles. The fourth-order valence-corrected chi connectivity index (χ4v) is 1.80. The Morgan fingerprint density at radius 1 is 1.47 bits per heavy atom. The summed E-state index contributed by atoms with van der Waals surface area (Å²) in [5.74, 6) is -0.518. The van der Waals surface area contributed by atoms with Gasteiger partial charge in [-0.15, -0.1) is 0 Å². The third kappa shape index (κ3) is 2.08. The van der Waals surface area contributed by atoms with Crippen LogP contribution in [-0.4, -0.2) is 36.6 Å². The monoisotopic (exact) mass is 235 g/mol. The predicted molar refractivity (Wildman–Crippen MR) is 61.8 cm³/mol. The van der Waals surface area contributed by atoms with Crippen LogP contribution in [0.4, 0.5) is 5.69 Å². The van der Waals surface area contributed by atoms with Crippen LogP contribution >= 0.6 is 0 Å². The van der Waals surface area contributed by atoms with Crippen LogP contribution in [0.3, 0.4) is 0 Å². The normalized spacial score (nSPS) is 18.2. The number of fused-ring (bicyclic) bond motifs is 1. The van der Waals surface area contributed by atoms with Crippen LogP contribution in [0, 0.1) is 0 Å². The van der Waals surface area contributed by atoms with Gasteiger partial charge in [-0.25, -0.2) is 4.79 Å². The van der Waals surface area contributed by atoms with E-state index in [2.05, 4.69) is 0 Å². The van der Waals surface area contributed by atoms with Crippen LogP contribution in [0.5, 0.6) is 5.75 Å². The van der Waals surface area contributed by atoms with Gasteiger partial charge in [0.25, 0.3) is 0 Å². The van der Waals surface area contributed by atoms with Crippen molar-refractivity contribution in [3.8, 4) is 5.75 Å². The number of carbonyl (C=O) groups is 2. The van der Waals surface area contributed by atoms with Crippen molar-refractivity contribution in [2.24, 2.45) is 0 Å². The van der Waals surface area contributed by atoms with Crippen molar-refractivity contribution in [2.45, 2.75) is 13.0 Å². The number of Topliss-reactive ketones (excluding diaryl/α,β-unsaturated/α-hetero) is 1. The van der Waals surface area contributed by atoms with Crippen LogP contribution in [0.25, 0.3) is 0 Å². The minimum absolute atomic E-state index is 0.0263. The minimum Gasteiger partial charge on any atom is -0.478 e. The molecule has 0 saturated carbocycles. The molecule has 1 aromatic carbocycles. The Bertz CT molecular complexity index is 483. The van der Waals surface area contributed by atoms with Crippen molar-refractivity contribution in [3.05, 3.63) is 23.8 Å². The van der Waals surface area contributed by atoms with Crippen LogP contribution in [0.15, 0.2) is 18.2 Å². The molecular weight excluding hydrogens is 222 g/mol. The molecule has 0 amide bonds. The first-order chi connectivity index (χ1) is 7.99. The summed E-state index contributed by atoms with van der Waals surface area (Å²) in [4.78, 5) is 23.9. The molecule has 5 heteroatoms. The molecule has 0 radical (unpaired) electrons. The van der Waals surface area contributed by atoms with E-state index in [0.717, 1.165) is 5.69 Å². The minimum atomic E-state index is -0.988. The smallest absolute Gasteiger partial charge is 0.346 e. The molecule has 0 saturated heterocycles. The Morgan fingerprint density at radius 3 is 2.76 bits per heavy atom. The number of aliphatic carboxylic acids is 1. The van der Waals surface area contributed by atoms with Crippen LogP contribution in [0.1, 0.15) is 17.3 Å². The van der Waals surface area contributed by atoms with Crippen molar-refractivity contribution < 1.29 is 19.4 Å². The molecule has 1 unspecified atom stereocenters. The molecule has 5 nitrogen and oxygen atoms in total. The van der Waals surface area contributed by atoms with E-state index in [-0.39, 0.29) is 12.3 Å². The lowest BCUT2D eigenvalue weighted by Crippen LogP contribution is -2.42. The standard InChI is InChI=1S/C12H13NO4/c1-7(14)8-3-4-10-9(5-8)13(2)6-11(17-10)12(15)16/h3-5,11H,6H2,1-2H3,(H,15,16). The zero-order chi connectivity index (χ0) is 12.6. The highest BCUT2D eigenvalue weighted by Crippen LogP contribution is 2.33. The highest BCUT2D eigenvalue weighted by atomic mass is 16.5. The molecule has 0 spiro atoms. The van der Waals surface area contributed by atoms with Crippen LogP contribution < -0.4 is 9.64 Å². The quantitative estimate of drug-likeness (QED) is 0.779. The molecule has 1 aromatic rings. The topological polar surface area (TPSA) is 66.8 Å². The van der Waals surface area contributed by atoms with E-state index in [9.17, 15) is 9.59 Å². The number of anilines is 1. The van der Waals surface area contributed by atoms with Crippen molar-refractivity contribution in [1.29, 1.82) is 0 Å². The maximum Gasteiger partial charge on any atom is 0.346 e. The maximum absolute atomic E-state index is 11.3. The molecule has 1 atom stereocenters. The van der Waals surface area contributed by atoms with E-state index in [1.165, 1.54) is 6.92 Å². The number of hydrogen-bond acceptors (Lipinski definition) is 4. The van der Waals surface area contributed by atoms with Crippen molar-refractivity contribution in [3.63, 3.8) is 0 Å². The summed E-state index contributed by atoms with van der Waals surface area (Å²) in [6.45, 7) is 1.76. The second-order valence-corrected chi connectivity index (χ2v) is 4.06. The number of carboxylic acids is 1. The predicted octanol–water partition coefficient (Wildman–Crippen LogP) is 1.17. The fourth-order valence-electron chi connectivity index (χ4n) is 1.80. The molecule has 1 aliphatic heterocycles.